The van der Waals surface area contributed by atoms with Crippen LogP contribution in [0, 0.1) is 18.7 Å². The van der Waals surface area contributed by atoms with Crippen LogP contribution in [0.25, 0.3) is 21.9 Å². The Morgan fingerprint density at radius 3 is 2.22 bits per heavy atom. The standard InChI is InChI=1S/C26H24FN4O3S.C9H10.Na/c1-14(2)12-20-22(25(28)33)24(21-11-9-18(13-32)35-21)23(26-31-30-15(3)34-26)19(29-20)10-6-16-4-7-17(27)8-5-16;1-2-5-9-7-3-6-8(9)4-1;/h4-5,7-9,11,14H,6,10,12H2,1-3H3,(H2,28,33);1-2,4-5H,3,6-7H2;/q-1;;+1. The first kappa shape index (κ1) is 34.4. The first-order valence-electron chi connectivity index (χ1n) is 14.7. The van der Waals surface area contributed by atoms with E-state index in [1.165, 1.54) is 42.7 Å². The molecule has 45 heavy (non-hydrogen) atoms. The fraction of sp³-hybridized carbons (Fsp3) is 0.286. The minimum absolute atomic E-state index is 0. The zero-order valence-electron chi connectivity index (χ0n) is 26.0. The number of carbonyl (C=O) groups is 1. The number of benzene rings is 2. The third-order valence-corrected chi connectivity index (χ3v) is 8.46. The van der Waals surface area contributed by atoms with E-state index in [2.05, 4.69) is 34.5 Å². The molecule has 0 bridgehead atoms. The van der Waals surface area contributed by atoms with Gasteiger partial charge in [-0.2, -0.15) is 17.4 Å². The van der Waals surface area contributed by atoms with Crippen LogP contribution < -0.4 is 35.3 Å². The number of carbonyl (C=O) groups excluding carboxylic acids is 2. The Hall–Kier alpha value is -3.50. The van der Waals surface area contributed by atoms with E-state index in [0.717, 1.165) is 5.56 Å². The number of aryl methyl sites for hydroxylation is 5. The summed E-state index contributed by atoms with van der Waals surface area (Å²) in [5, 5.41) is 8.19. The summed E-state index contributed by atoms with van der Waals surface area (Å²) in [5.41, 5.74) is 12.5. The fourth-order valence-electron chi connectivity index (χ4n) is 5.50. The number of thiophene rings is 1. The molecule has 1 amide bonds. The van der Waals surface area contributed by atoms with Gasteiger partial charge in [0.2, 0.25) is 11.8 Å². The van der Waals surface area contributed by atoms with Crippen molar-refractivity contribution in [3.8, 4) is 21.9 Å². The third kappa shape index (κ3) is 8.41. The van der Waals surface area contributed by atoms with Crippen LogP contribution in [0.3, 0.4) is 0 Å². The molecule has 2 aromatic carbocycles. The van der Waals surface area contributed by atoms with Gasteiger partial charge >= 0.3 is 29.6 Å². The van der Waals surface area contributed by atoms with Crippen molar-refractivity contribution < 1.29 is 48.0 Å². The number of amides is 1. The Morgan fingerprint density at radius 1 is 0.978 bits per heavy atom. The summed E-state index contributed by atoms with van der Waals surface area (Å²) < 4.78 is 19.2. The maximum absolute atomic E-state index is 13.4. The molecule has 6 rings (SSSR count). The molecule has 1 aliphatic rings. The zero-order valence-corrected chi connectivity index (χ0v) is 28.8. The summed E-state index contributed by atoms with van der Waals surface area (Å²) in [4.78, 5) is 30.0. The topological polar surface area (TPSA) is 112 Å². The molecule has 3 heterocycles. The molecule has 10 heteroatoms. The molecule has 1 aliphatic carbocycles. The van der Waals surface area contributed by atoms with Crippen molar-refractivity contribution >= 4 is 23.5 Å². The van der Waals surface area contributed by atoms with E-state index in [9.17, 15) is 14.0 Å². The molecule has 0 saturated heterocycles. The average molecular weight is 633 g/mol. The average Bonchev–Trinajstić information content (AvgIpc) is 3.77. The molecule has 0 aliphatic heterocycles. The van der Waals surface area contributed by atoms with E-state index in [-0.39, 0.29) is 52.7 Å². The van der Waals surface area contributed by atoms with Crippen LogP contribution in [0.5, 0.6) is 0 Å². The predicted molar refractivity (Wildman–Crippen MR) is 170 cm³/mol. The van der Waals surface area contributed by atoms with Gasteiger partial charge in [-0.25, -0.2) is 4.39 Å². The quantitative estimate of drug-likeness (QED) is 0.194. The molecule has 0 radical (unpaired) electrons. The largest absolute Gasteiger partial charge is 1.00 e. The van der Waals surface area contributed by atoms with Crippen LogP contribution in [0.4, 0.5) is 4.39 Å². The van der Waals surface area contributed by atoms with Gasteiger partial charge in [-0.15, -0.1) is 21.1 Å². The molecule has 3 aromatic heterocycles. The van der Waals surface area contributed by atoms with Gasteiger partial charge in [0.25, 0.3) is 5.91 Å². The van der Waals surface area contributed by atoms with Crippen LogP contribution in [-0.2, 0) is 36.9 Å². The number of rotatable bonds is 9. The SMILES string of the molecule is Cc1nnc(-c2c(CCc3ccc(F)cc3)nc(CC(C)C)c(C(N)=O)c2-c2ccc([C-]=O)s2)o1.[Na+].c1ccc2c(c1)CCC2. The molecule has 5 aromatic rings. The van der Waals surface area contributed by atoms with Crippen molar-refractivity contribution in [1.29, 1.82) is 0 Å². The number of pyridine rings is 1. The second-order valence-corrected chi connectivity index (χ2v) is 12.3. The van der Waals surface area contributed by atoms with E-state index in [4.69, 9.17) is 15.1 Å². The Morgan fingerprint density at radius 2 is 1.67 bits per heavy atom. The number of fused-ring (bicyclic) bond motifs is 1. The molecule has 2 N–H and O–H groups in total. The van der Waals surface area contributed by atoms with Crippen molar-refractivity contribution in [1.82, 2.24) is 15.2 Å². The Bertz CT molecular complexity index is 1760. The minimum Gasteiger partial charge on any atom is -0.421 e. The van der Waals surface area contributed by atoms with E-state index in [0.29, 0.717) is 57.4 Å². The van der Waals surface area contributed by atoms with Gasteiger partial charge in [0.1, 0.15) is 5.82 Å². The van der Waals surface area contributed by atoms with Gasteiger partial charge in [-0.1, -0.05) is 50.2 Å². The van der Waals surface area contributed by atoms with Crippen molar-refractivity contribution in [2.75, 3.05) is 0 Å². The summed E-state index contributed by atoms with van der Waals surface area (Å²) >= 11 is 1.19. The number of primary amides is 1. The van der Waals surface area contributed by atoms with Gasteiger partial charge in [0.15, 0.2) is 0 Å². The zero-order chi connectivity index (χ0) is 31.2. The van der Waals surface area contributed by atoms with Gasteiger partial charge in [-0.3, -0.25) is 9.78 Å². The number of halogens is 1. The normalized spacial score (nSPS) is 11.8. The van der Waals surface area contributed by atoms with Crippen molar-refractivity contribution in [2.45, 2.75) is 59.3 Å². The molecule has 0 fully saturated rings. The summed E-state index contributed by atoms with van der Waals surface area (Å²) in [6.45, 7) is 5.74. The predicted octanol–water partition coefficient (Wildman–Crippen LogP) is 4.03. The third-order valence-electron chi connectivity index (χ3n) is 7.46. The van der Waals surface area contributed by atoms with E-state index in [1.54, 1.807) is 42.3 Å². The molecule has 0 unspecified atom stereocenters. The summed E-state index contributed by atoms with van der Waals surface area (Å²) in [7, 11) is 0. The Balaban J connectivity index is 0.000000391. The number of hydrogen-bond acceptors (Lipinski definition) is 7. The smallest absolute Gasteiger partial charge is 0.421 e. The molecule has 0 spiro atoms. The van der Waals surface area contributed by atoms with Crippen LogP contribution in [0.15, 0.2) is 65.1 Å². The summed E-state index contributed by atoms with van der Waals surface area (Å²) in [5.74, 6) is -0.160. The molecule has 0 atom stereocenters. The van der Waals surface area contributed by atoms with E-state index >= 15 is 0 Å². The monoisotopic (exact) mass is 632 g/mol. The van der Waals surface area contributed by atoms with E-state index in [1.807, 2.05) is 20.1 Å². The number of nitrogens with two attached hydrogens (primary N) is 1. The van der Waals surface area contributed by atoms with Crippen LogP contribution >= 0.6 is 11.3 Å². The van der Waals surface area contributed by atoms with Gasteiger partial charge in [0.05, 0.1) is 22.5 Å². The summed E-state index contributed by atoms with van der Waals surface area (Å²) in [6.07, 6.45) is 7.43. The van der Waals surface area contributed by atoms with Gasteiger partial charge in [-0.05, 0) is 73.3 Å². The van der Waals surface area contributed by atoms with Crippen molar-refractivity contribution in [3.63, 3.8) is 0 Å². The van der Waals surface area contributed by atoms with Crippen molar-refractivity contribution in [2.24, 2.45) is 11.7 Å². The van der Waals surface area contributed by atoms with Gasteiger partial charge in [0, 0.05) is 23.7 Å². The molecule has 0 saturated carbocycles. The number of nitrogens with zero attached hydrogens (tertiary/aromatic N) is 3. The van der Waals surface area contributed by atoms with Crippen LogP contribution in [0.1, 0.15) is 69.5 Å². The summed E-state index contributed by atoms with van der Waals surface area (Å²) in [6, 6.07) is 18.4. The first-order valence-corrected chi connectivity index (χ1v) is 15.5. The maximum atomic E-state index is 13.4. The molecule has 7 nitrogen and oxygen atoms in total. The fourth-order valence-corrected chi connectivity index (χ4v) is 6.36. The second kappa shape index (κ2) is 15.7. The molecular weight excluding hydrogens is 598 g/mol. The Kier molecular flexibility index (Phi) is 12.0. The molecule has 226 valence electrons. The maximum Gasteiger partial charge on any atom is 1.00 e. The van der Waals surface area contributed by atoms with Crippen molar-refractivity contribution in [3.05, 3.63) is 111 Å². The molecular formula is C35H34FN4NaO3S. The van der Waals surface area contributed by atoms with Crippen LogP contribution in [-0.4, -0.2) is 27.4 Å². The number of hydrogen-bond donors (Lipinski definition) is 1. The van der Waals surface area contributed by atoms with Crippen LogP contribution in [0.2, 0.25) is 0 Å². The first-order chi connectivity index (χ1) is 21.2. The number of aromatic nitrogens is 3. The van der Waals surface area contributed by atoms with E-state index < -0.39 is 5.91 Å². The van der Waals surface area contributed by atoms with Gasteiger partial charge < -0.3 is 14.9 Å². The second-order valence-electron chi connectivity index (χ2n) is 11.2. The Labute approximate surface area is 288 Å². The minimum atomic E-state index is -0.629.